The molecule has 1 N–H and O–H groups in total. The van der Waals surface area contributed by atoms with Crippen LogP contribution in [0.2, 0.25) is 10.0 Å². The second-order valence-corrected chi connectivity index (χ2v) is 12.1. The number of rotatable bonds is 10. The van der Waals surface area contributed by atoms with Crippen LogP contribution in [-0.2, 0) is 17.9 Å². The van der Waals surface area contributed by atoms with E-state index in [0.717, 1.165) is 62.7 Å². The topological polar surface area (TPSA) is 113 Å². The molecule has 11 heteroatoms. The van der Waals surface area contributed by atoms with E-state index >= 15 is 0 Å². The molecule has 4 aliphatic rings. The summed E-state index contributed by atoms with van der Waals surface area (Å²) in [6.07, 6.45) is 11.1. The first-order chi connectivity index (χ1) is 18.7. The highest BCUT2D eigenvalue weighted by Crippen LogP contribution is 2.55. The molecule has 9 nitrogen and oxygen atoms in total. The Balaban J connectivity index is 1.14. The molecular formula is C28H32Cl2N4O5. The molecule has 0 aliphatic heterocycles. The Hall–Kier alpha value is -2.62. The molecule has 3 aromatic rings. The van der Waals surface area contributed by atoms with Gasteiger partial charge in [-0.25, -0.2) is 4.79 Å². The maximum absolute atomic E-state index is 11.7. The van der Waals surface area contributed by atoms with Crippen LogP contribution < -0.4 is 4.74 Å². The fourth-order valence-corrected chi connectivity index (χ4v) is 6.78. The van der Waals surface area contributed by atoms with E-state index in [1.54, 1.807) is 19.3 Å². The van der Waals surface area contributed by atoms with Crippen molar-refractivity contribution in [2.24, 2.45) is 5.41 Å². The van der Waals surface area contributed by atoms with Gasteiger partial charge in [0.15, 0.2) is 5.69 Å². The Morgan fingerprint density at radius 2 is 1.82 bits per heavy atom. The van der Waals surface area contributed by atoms with Gasteiger partial charge in [-0.1, -0.05) is 28.4 Å². The Kier molecular flexibility index (Phi) is 6.88. The van der Waals surface area contributed by atoms with Crippen molar-refractivity contribution in [3.8, 4) is 17.1 Å². The van der Waals surface area contributed by atoms with Crippen LogP contribution in [0.1, 0.15) is 91.6 Å². The lowest BCUT2D eigenvalue weighted by Gasteiger charge is -2.52. The maximum Gasteiger partial charge on any atom is 0.354 e. The van der Waals surface area contributed by atoms with Gasteiger partial charge in [0.1, 0.15) is 11.5 Å². The van der Waals surface area contributed by atoms with E-state index in [1.807, 2.05) is 6.92 Å². The highest BCUT2D eigenvalue weighted by atomic mass is 35.5. The largest absolute Gasteiger partial charge is 0.477 e. The van der Waals surface area contributed by atoms with E-state index in [9.17, 15) is 9.90 Å². The molecule has 7 rings (SSSR count). The van der Waals surface area contributed by atoms with Crippen molar-refractivity contribution in [1.29, 1.82) is 0 Å². The predicted molar refractivity (Wildman–Crippen MR) is 144 cm³/mol. The third kappa shape index (κ3) is 4.83. The van der Waals surface area contributed by atoms with Gasteiger partial charge in [-0.3, -0.25) is 9.67 Å². The molecule has 4 aliphatic carbocycles. The molecule has 0 unspecified atom stereocenters. The van der Waals surface area contributed by atoms with Crippen LogP contribution >= 0.6 is 23.2 Å². The highest BCUT2D eigenvalue weighted by molar-refractivity contribution is 6.38. The third-order valence-electron chi connectivity index (χ3n) is 8.88. The molecule has 208 valence electrons. The Bertz CT molecular complexity index is 1370. The smallest absolute Gasteiger partial charge is 0.354 e. The van der Waals surface area contributed by atoms with Crippen LogP contribution in [0.25, 0.3) is 11.3 Å². The second-order valence-electron chi connectivity index (χ2n) is 11.3. The summed E-state index contributed by atoms with van der Waals surface area (Å²) < 4.78 is 20.2. The minimum absolute atomic E-state index is 0.0521. The SMILES string of the molecule is CCn1nc(OCC23CCC(OCc4c(-c5c(Cl)cncc5Cl)noc4C4CC4)(CC2)CC3)c(C)c1C(=O)O. The van der Waals surface area contributed by atoms with Gasteiger partial charge in [-0.2, -0.15) is 0 Å². The van der Waals surface area contributed by atoms with E-state index < -0.39 is 5.97 Å². The molecule has 39 heavy (non-hydrogen) atoms. The number of carbonyl (C=O) groups is 1. The van der Waals surface area contributed by atoms with Crippen molar-refractivity contribution in [1.82, 2.24) is 19.9 Å². The van der Waals surface area contributed by atoms with Gasteiger partial charge >= 0.3 is 5.97 Å². The lowest BCUT2D eigenvalue weighted by Crippen LogP contribution is -2.49. The monoisotopic (exact) mass is 574 g/mol. The van der Waals surface area contributed by atoms with Crippen LogP contribution in [0.4, 0.5) is 0 Å². The summed E-state index contributed by atoms with van der Waals surface area (Å²) in [5, 5.41) is 19.2. The quantitative estimate of drug-likeness (QED) is 0.280. The Morgan fingerprint density at radius 3 is 2.38 bits per heavy atom. The minimum atomic E-state index is -0.985. The van der Waals surface area contributed by atoms with Gasteiger partial charge in [0.05, 0.1) is 28.9 Å². The summed E-state index contributed by atoms with van der Waals surface area (Å²) in [7, 11) is 0. The molecule has 3 aromatic heterocycles. The van der Waals surface area contributed by atoms with E-state index in [1.165, 1.54) is 4.68 Å². The molecular weight excluding hydrogens is 543 g/mol. The first-order valence-corrected chi connectivity index (χ1v) is 14.4. The van der Waals surface area contributed by atoms with Crippen molar-refractivity contribution in [2.75, 3.05) is 6.61 Å². The van der Waals surface area contributed by atoms with E-state index in [-0.39, 0.29) is 16.7 Å². The molecule has 0 amide bonds. The zero-order valence-electron chi connectivity index (χ0n) is 22.1. The fourth-order valence-electron chi connectivity index (χ4n) is 6.24. The summed E-state index contributed by atoms with van der Waals surface area (Å²) in [6, 6.07) is 0. The van der Waals surface area contributed by atoms with Gasteiger partial charge in [-0.15, -0.1) is 5.10 Å². The number of halogens is 2. The van der Waals surface area contributed by atoms with Gasteiger partial charge < -0.3 is 19.1 Å². The maximum atomic E-state index is 11.7. The van der Waals surface area contributed by atoms with Gasteiger partial charge in [0, 0.05) is 47.0 Å². The molecule has 3 heterocycles. The van der Waals surface area contributed by atoms with Gasteiger partial charge in [0.2, 0.25) is 5.88 Å². The summed E-state index contributed by atoms with van der Waals surface area (Å²) in [5.74, 6) is 0.678. The second kappa shape index (κ2) is 10.1. The number of carboxylic acid groups (broad SMARTS) is 1. The molecule has 0 saturated heterocycles. The number of fused-ring (bicyclic) bond motifs is 3. The first-order valence-electron chi connectivity index (χ1n) is 13.6. The van der Waals surface area contributed by atoms with Crippen LogP contribution in [0, 0.1) is 12.3 Å². The molecule has 0 radical (unpaired) electrons. The summed E-state index contributed by atoms with van der Waals surface area (Å²) >= 11 is 12.9. The van der Waals surface area contributed by atoms with Gasteiger partial charge in [-0.05, 0) is 65.2 Å². The number of pyridine rings is 1. The molecule has 4 saturated carbocycles. The van der Waals surface area contributed by atoms with E-state index in [4.69, 9.17) is 37.2 Å². The summed E-state index contributed by atoms with van der Waals surface area (Å²) in [6.45, 7) is 5.04. The van der Waals surface area contributed by atoms with Crippen LogP contribution in [0.3, 0.4) is 0 Å². The van der Waals surface area contributed by atoms with E-state index in [0.29, 0.717) is 58.4 Å². The fraction of sp³-hybridized carbons (Fsp3) is 0.571. The Labute approximate surface area is 236 Å². The van der Waals surface area contributed by atoms with Crippen molar-refractivity contribution < 1.29 is 23.9 Å². The summed E-state index contributed by atoms with van der Waals surface area (Å²) in [5.41, 5.74) is 2.84. The standard InChI is InChI=1S/C28H32Cl2N4O5/c1-3-34-23(26(35)36)16(2)25(32-34)37-15-27-6-9-28(10-7-27,11-8-27)38-14-18-22(33-39-24(18)17-4-5-17)21-19(29)12-31-13-20(21)30/h12-13,17H,3-11,14-15H2,1-2H3,(H,35,36). The molecule has 0 spiro atoms. The van der Waals surface area contributed by atoms with Crippen molar-refractivity contribution in [2.45, 2.75) is 89.9 Å². The van der Waals surface area contributed by atoms with Crippen LogP contribution in [-0.4, -0.2) is 43.2 Å². The predicted octanol–water partition coefficient (Wildman–Crippen LogP) is 6.83. The van der Waals surface area contributed by atoms with Crippen molar-refractivity contribution >= 4 is 29.2 Å². The number of aromatic carboxylic acids is 1. The van der Waals surface area contributed by atoms with Crippen LogP contribution in [0.15, 0.2) is 16.9 Å². The number of nitrogens with zero attached hydrogens (tertiary/aromatic N) is 4. The summed E-state index contributed by atoms with van der Waals surface area (Å²) in [4.78, 5) is 15.7. The minimum Gasteiger partial charge on any atom is -0.477 e. The molecule has 2 bridgehead atoms. The van der Waals surface area contributed by atoms with Gasteiger partial charge in [0.25, 0.3) is 0 Å². The number of aryl methyl sites for hydroxylation is 1. The van der Waals surface area contributed by atoms with E-state index in [2.05, 4.69) is 15.2 Å². The average molecular weight is 575 g/mol. The lowest BCUT2D eigenvalue weighted by molar-refractivity contribution is -0.150. The lowest BCUT2D eigenvalue weighted by atomic mass is 9.59. The van der Waals surface area contributed by atoms with Crippen molar-refractivity contribution in [3.05, 3.63) is 45.0 Å². The molecule has 0 aromatic carbocycles. The average Bonchev–Trinajstić information content (AvgIpc) is 3.61. The zero-order chi connectivity index (χ0) is 27.4. The highest BCUT2D eigenvalue weighted by Gasteiger charge is 2.50. The number of hydrogen-bond acceptors (Lipinski definition) is 7. The number of aromatic nitrogens is 4. The first kappa shape index (κ1) is 26.6. The molecule has 0 atom stereocenters. The number of carboxylic acids is 1. The Morgan fingerprint density at radius 1 is 1.15 bits per heavy atom. The van der Waals surface area contributed by atoms with Crippen LogP contribution in [0.5, 0.6) is 5.88 Å². The zero-order valence-corrected chi connectivity index (χ0v) is 23.6. The molecule has 4 fully saturated rings. The number of hydrogen-bond donors (Lipinski definition) is 1. The van der Waals surface area contributed by atoms with Crippen molar-refractivity contribution in [3.63, 3.8) is 0 Å². The normalized spacial score (nSPS) is 24.3. The third-order valence-corrected chi connectivity index (χ3v) is 9.45. The number of ether oxygens (including phenoxy) is 2.